The van der Waals surface area contributed by atoms with Crippen molar-refractivity contribution in [2.45, 2.75) is 26.2 Å². The van der Waals surface area contributed by atoms with E-state index in [1.807, 2.05) is 4.90 Å². The predicted molar refractivity (Wildman–Crippen MR) is 59.5 cm³/mol. The van der Waals surface area contributed by atoms with Gasteiger partial charge in [-0.1, -0.05) is 13.3 Å². The second kappa shape index (κ2) is 6.80. The number of carbonyl (C=O) groups excluding carboxylic acids is 1. The Bertz CT molecular complexity index is 191. The van der Waals surface area contributed by atoms with Crippen molar-refractivity contribution in [1.82, 2.24) is 4.90 Å². The van der Waals surface area contributed by atoms with Gasteiger partial charge in [-0.2, -0.15) is 0 Å². The molecule has 1 aliphatic heterocycles. The molecule has 0 saturated carbocycles. The molecule has 1 saturated heterocycles. The summed E-state index contributed by atoms with van der Waals surface area (Å²) in [6, 6.07) is 0. The zero-order valence-electron chi connectivity index (χ0n) is 9.58. The van der Waals surface area contributed by atoms with Crippen molar-refractivity contribution in [1.29, 1.82) is 0 Å². The molecule has 1 aliphatic rings. The Morgan fingerprint density at radius 1 is 1.53 bits per heavy atom. The Balaban J connectivity index is 2.41. The molecule has 0 aromatic carbocycles. The largest absolute Gasteiger partial charge is 0.381 e. The fourth-order valence-corrected chi connectivity index (χ4v) is 1.82. The van der Waals surface area contributed by atoms with Crippen molar-refractivity contribution >= 4 is 5.91 Å². The van der Waals surface area contributed by atoms with Gasteiger partial charge in [0.05, 0.1) is 12.5 Å². The number of nitrogens with zero attached hydrogens (tertiary/aromatic N) is 1. The number of ether oxygens (including phenoxy) is 1. The molecule has 1 atom stereocenters. The molecule has 4 heteroatoms. The summed E-state index contributed by atoms with van der Waals surface area (Å²) in [4.78, 5) is 13.9. The lowest BCUT2D eigenvalue weighted by Crippen LogP contribution is -2.40. The molecule has 0 radical (unpaired) electrons. The number of hydrogen-bond donors (Lipinski definition) is 1. The summed E-state index contributed by atoms with van der Waals surface area (Å²) in [6.45, 7) is 5.50. The van der Waals surface area contributed by atoms with E-state index >= 15 is 0 Å². The number of unbranched alkanes of at least 4 members (excludes halogenated alkanes) is 1. The van der Waals surface area contributed by atoms with Crippen LogP contribution in [0.25, 0.3) is 0 Å². The van der Waals surface area contributed by atoms with Gasteiger partial charge in [0.15, 0.2) is 0 Å². The zero-order valence-corrected chi connectivity index (χ0v) is 9.58. The molecule has 0 aromatic heterocycles. The Labute approximate surface area is 91.8 Å². The first-order valence-electron chi connectivity index (χ1n) is 5.86. The van der Waals surface area contributed by atoms with E-state index in [1.165, 1.54) is 0 Å². The maximum Gasteiger partial charge on any atom is 0.228 e. The first kappa shape index (κ1) is 12.5. The Morgan fingerprint density at radius 2 is 2.33 bits per heavy atom. The molecule has 4 nitrogen and oxygen atoms in total. The van der Waals surface area contributed by atoms with Crippen molar-refractivity contribution < 1.29 is 9.53 Å². The smallest absolute Gasteiger partial charge is 0.228 e. The molecular formula is C11H22N2O2. The van der Waals surface area contributed by atoms with E-state index in [1.54, 1.807) is 0 Å². The maximum atomic E-state index is 12.0. The number of rotatable bonds is 6. The zero-order chi connectivity index (χ0) is 11.1. The third-order valence-electron chi connectivity index (χ3n) is 2.77. The van der Waals surface area contributed by atoms with Gasteiger partial charge in [-0.25, -0.2) is 0 Å². The second-order valence-electron chi connectivity index (χ2n) is 4.03. The molecular weight excluding hydrogens is 192 g/mol. The summed E-state index contributed by atoms with van der Waals surface area (Å²) in [5.74, 6) is 0.305. The average Bonchev–Trinajstić information content (AvgIpc) is 2.76. The topological polar surface area (TPSA) is 55.6 Å². The highest BCUT2D eigenvalue weighted by Gasteiger charge is 2.27. The van der Waals surface area contributed by atoms with Crippen LogP contribution in [0.3, 0.4) is 0 Å². The molecule has 0 aliphatic carbocycles. The third-order valence-corrected chi connectivity index (χ3v) is 2.77. The quantitative estimate of drug-likeness (QED) is 0.705. The normalized spacial score (nSPS) is 20.5. The van der Waals surface area contributed by atoms with Crippen molar-refractivity contribution in [3.63, 3.8) is 0 Å². The number of amides is 1. The predicted octanol–water partition coefficient (Wildman–Crippen LogP) is 0.610. The summed E-state index contributed by atoms with van der Waals surface area (Å²) in [5, 5.41) is 0. The van der Waals surface area contributed by atoms with Crippen LogP contribution in [0.4, 0.5) is 0 Å². The highest BCUT2D eigenvalue weighted by atomic mass is 16.5. The fraction of sp³-hybridized carbons (Fsp3) is 0.909. The monoisotopic (exact) mass is 214 g/mol. The van der Waals surface area contributed by atoms with Crippen LogP contribution in [0.1, 0.15) is 26.2 Å². The van der Waals surface area contributed by atoms with Gasteiger partial charge in [-0.15, -0.1) is 0 Å². The van der Waals surface area contributed by atoms with Crippen molar-refractivity contribution in [2.75, 3.05) is 32.8 Å². The minimum absolute atomic E-state index is 0.0772. The van der Waals surface area contributed by atoms with Crippen LogP contribution in [0.15, 0.2) is 0 Å². The van der Waals surface area contributed by atoms with Crippen LogP contribution in [-0.4, -0.2) is 43.7 Å². The summed E-state index contributed by atoms with van der Waals surface area (Å²) in [6.07, 6.45) is 3.03. The first-order valence-corrected chi connectivity index (χ1v) is 5.86. The molecule has 0 bridgehead atoms. The van der Waals surface area contributed by atoms with Crippen LogP contribution >= 0.6 is 0 Å². The van der Waals surface area contributed by atoms with Gasteiger partial charge >= 0.3 is 0 Å². The minimum Gasteiger partial charge on any atom is -0.381 e. The lowest BCUT2D eigenvalue weighted by molar-refractivity contribution is -0.135. The Kier molecular flexibility index (Phi) is 5.65. The summed E-state index contributed by atoms with van der Waals surface area (Å²) in [7, 11) is 0. The Morgan fingerprint density at radius 3 is 2.87 bits per heavy atom. The number of hydrogen-bond acceptors (Lipinski definition) is 3. The molecule has 1 rings (SSSR count). The molecule has 1 fully saturated rings. The SMILES string of the molecule is CCCCN(CCN)C(=O)C1CCOC1. The van der Waals surface area contributed by atoms with Crippen LogP contribution in [0, 0.1) is 5.92 Å². The molecule has 1 amide bonds. The van der Waals surface area contributed by atoms with E-state index in [9.17, 15) is 4.79 Å². The number of carbonyl (C=O) groups is 1. The van der Waals surface area contributed by atoms with E-state index in [-0.39, 0.29) is 11.8 Å². The van der Waals surface area contributed by atoms with Gasteiger partial charge in [0.1, 0.15) is 0 Å². The standard InChI is InChI=1S/C11H22N2O2/c1-2-3-6-13(7-5-12)11(14)10-4-8-15-9-10/h10H,2-9,12H2,1H3. The van der Waals surface area contributed by atoms with Crippen LogP contribution < -0.4 is 5.73 Å². The van der Waals surface area contributed by atoms with Gasteiger partial charge in [0.25, 0.3) is 0 Å². The Hall–Kier alpha value is -0.610. The molecule has 1 unspecified atom stereocenters. The van der Waals surface area contributed by atoms with Crippen LogP contribution in [-0.2, 0) is 9.53 Å². The van der Waals surface area contributed by atoms with Gasteiger partial charge in [0, 0.05) is 26.2 Å². The van der Waals surface area contributed by atoms with E-state index in [0.29, 0.717) is 19.7 Å². The molecule has 15 heavy (non-hydrogen) atoms. The van der Waals surface area contributed by atoms with Crippen LogP contribution in [0.5, 0.6) is 0 Å². The summed E-state index contributed by atoms with van der Waals surface area (Å²) < 4.78 is 5.23. The van der Waals surface area contributed by atoms with Crippen molar-refractivity contribution in [3.05, 3.63) is 0 Å². The molecule has 0 aromatic rings. The van der Waals surface area contributed by atoms with Crippen molar-refractivity contribution in [3.8, 4) is 0 Å². The average molecular weight is 214 g/mol. The molecule has 2 N–H and O–H groups in total. The number of nitrogens with two attached hydrogens (primary N) is 1. The van der Waals surface area contributed by atoms with E-state index < -0.39 is 0 Å². The maximum absolute atomic E-state index is 12.0. The van der Waals surface area contributed by atoms with Crippen LogP contribution in [0.2, 0.25) is 0 Å². The van der Waals surface area contributed by atoms with Gasteiger partial charge in [-0.05, 0) is 12.8 Å². The summed E-state index contributed by atoms with van der Waals surface area (Å²) in [5.41, 5.74) is 5.51. The minimum atomic E-state index is 0.0772. The van der Waals surface area contributed by atoms with E-state index in [2.05, 4.69) is 6.92 Å². The molecule has 1 heterocycles. The van der Waals surface area contributed by atoms with Crippen molar-refractivity contribution in [2.24, 2.45) is 11.7 Å². The van der Waals surface area contributed by atoms with E-state index in [0.717, 1.165) is 32.4 Å². The van der Waals surface area contributed by atoms with Gasteiger partial charge < -0.3 is 15.4 Å². The second-order valence-corrected chi connectivity index (χ2v) is 4.03. The summed E-state index contributed by atoms with van der Waals surface area (Å²) >= 11 is 0. The van der Waals surface area contributed by atoms with E-state index in [4.69, 9.17) is 10.5 Å². The first-order chi connectivity index (χ1) is 7.29. The lowest BCUT2D eigenvalue weighted by Gasteiger charge is -2.24. The highest BCUT2D eigenvalue weighted by molar-refractivity contribution is 5.79. The van der Waals surface area contributed by atoms with Gasteiger partial charge in [-0.3, -0.25) is 4.79 Å². The fourth-order valence-electron chi connectivity index (χ4n) is 1.82. The molecule has 88 valence electrons. The third kappa shape index (κ3) is 3.80. The molecule has 0 spiro atoms. The van der Waals surface area contributed by atoms with Gasteiger partial charge in [0.2, 0.25) is 5.91 Å². The highest BCUT2D eigenvalue weighted by Crippen LogP contribution is 2.15. The lowest BCUT2D eigenvalue weighted by atomic mass is 10.1.